The van der Waals surface area contributed by atoms with Crippen LogP contribution < -0.4 is 43.0 Å². The lowest BCUT2D eigenvalue weighted by molar-refractivity contribution is -0.142. The molecule has 470 valence electrons. The van der Waals surface area contributed by atoms with Crippen molar-refractivity contribution in [1.82, 2.24) is 56.4 Å². The molecule has 87 heavy (non-hydrogen) atoms. The first-order valence-electron chi connectivity index (χ1n) is 28.7. The largest absolute Gasteiger partial charge is 0.508 e. The number of phenolic OH excluding ortho intramolecular Hbond substituents is 1. The normalized spacial score (nSPS) is 20.0. The number of anilines is 1. The number of fused-ring (bicyclic) bond motifs is 1. The van der Waals surface area contributed by atoms with Crippen LogP contribution in [0.3, 0.4) is 0 Å². The number of rotatable bonds is 23. The summed E-state index contributed by atoms with van der Waals surface area (Å²) in [6.07, 6.45) is -0.972. The van der Waals surface area contributed by atoms with Gasteiger partial charge in [0.25, 0.3) is 5.91 Å². The van der Waals surface area contributed by atoms with Crippen LogP contribution >= 0.6 is 0 Å². The van der Waals surface area contributed by atoms with Gasteiger partial charge in [-0.1, -0.05) is 54.6 Å². The minimum absolute atomic E-state index is 0.000960. The number of aliphatic carboxylic acids is 3. The zero-order valence-electron chi connectivity index (χ0n) is 48.6. The fourth-order valence-corrected chi connectivity index (χ4v) is 10.3. The van der Waals surface area contributed by atoms with Crippen LogP contribution in [0, 0.1) is 5.41 Å². The number of amides is 6. The number of nitrogens with one attached hydrogen (secondary N) is 8. The van der Waals surface area contributed by atoms with Crippen LogP contribution in [0.25, 0.3) is 10.8 Å². The third-order valence-electron chi connectivity index (χ3n) is 14.9. The number of benzene rings is 4. The number of carboxylic acids is 3. The van der Waals surface area contributed by atoms with Crippen LogP contribution in [0.2, 0.25) is 0 Å². The molecule has 28 nitrogen and oxygen atoms in total. The maximum atomic E-state index is 14.7. The van der Waals surface area contributed by atoms with Gasteiger partial charge in [-0.3, -0.25) is 68.2 Å². The number of aliphatic hydroxyl groups excluding tert-OH is 1. The molecule has 2 aliphatic rings. The number of nitrogens with zero attached hydrogens (tertiary/aromatic N) is 5. The number of nitrogens with two attached hydrogens (primary N) is 1. The van der Waals surface area contributed by atoms with E-state index in [1.807, 2.05) is 47.4 Å². The first kappa shape index (κ1) is 67.2. The Morgan fingerprint density at radius 1 is 0.621 bits per heavy atom. The summed E-state index contributed by atoms with van der Waals surface area (Å²) in [7, 11) is 1.38. The van der Waals surface area contributed by atoms with Crippen molar-refractivity contribution >= 4 is 75.8 Å². The fraction of sp³-hybridized carbons (Fsp3) is 0.458. The molecule has 15 N–H and O–H groups in total. The van der Waals surface area contributed by atoms with Gasteiger partial charge in [0.2, 0.25) is 29.5 Å². The molecule has 6 amide bonds. The SMILES string of the molecule is CN1C(=O)[C@@H](Cc2ccc(O)cc2)NC(=O)CNC(=O)[C@H](Cc2ccc3ccccc3c2)NC(=O)[C@H](CCCNC(=N)N)NC(=O)[C@H]1CCCNC(=O)c1ccc(NC(O)CN2CCN(CC(=O)O)CCN(CC(=O)O)CCN(CC(=O)O)CC2)cc1. The summed E-state index contributed by atoms with van der Waals surface area (Å²) in [6, 6.07) is 20.3. The summed E-state index contributed by atoms with van der Waals surface area (Å²) in [6.45, 7) is 0.761. The van der Waals surface area contributed by atoms with Crippen LogP contribution in [0.1, 0.15) is 47.2 Å². The smallest absolute Gasteiger partial charge is 0.317 e. The minimum Gasteiger partial charge on any atom is -0.508 e. The molecule has 5 atom stereocenters. The molecule has 2 saturated heterocycles. The van der Waals surface area contributed by atoms with E-state index in [2.05, 4.69) is 37.2 Å². The molecule has 4 aromatic rings. The van der Waals surface area contributed by atoms with E-state index in [0.717, 1.165) is 15.7 Å². The number of phenols is 1. The van der Waals surface area contributed by atoms with Crippen molar-refractivity contribution < 1.29 is 68.7 Å². The highest BCUT2D eigenvalue weighted by Crippen LogP contribution is 2.19. The van der Waals surface area contributed by atoms with Gasteiger partial charge >= 0.3 is 17.9 Å². The Labute approximate surface area is 503 Å². The number of hydrogen-bond acceptors (Lipinski definition) is 17. The standard InChI is InChI=1S/C59H80N14O14/c1-69-48(9-5-20-62-54(83)41-14-16-43(17-15-41)65-50(76)34-70-22-24-71(35-51(77)78)26-28-73(37-53(81)82)29-27-72(25-23-70)36-52(79)80)57(86)67-45(8-4-21-63-59(60)61)56(85)68-46(32-39-10-13-40-6-2-3-7-42(40)30-39)55(84)64-33-49(75)66-47(58(69)87)31-38-11-18-44(74)19-12-38/h2-3,6-7,10-19,30,45-48,50,65,74,76H,4-5,8-9,20-29,31-37H2,1H3,(H,62,83)(H,64,84)(H,66,75)(H,67,86)(H,68,85)(H,77,78)(H,79,80)(H,81,82)(H4,60,61,63)/t45-,46-,47+,48+,50?/m0/s1. The highest BCUT2D eigenvalue weighted by molar-refractivity contribution is 5.98. The average molecular weight is 1210 g/mol. The Hall–Kier alpha value is -8.96. The van der Waals surface area contributed by atoms with Gasteiger partial charge in [-0.25, -0.2) is 0 Å². The highest BCUT2D eigenvalue weighted by atomic mass is 16.4. The summed E-state index contributed by atoms with van der Waals surface area (Å²) in [4.78, 5) is 128. The molecule has 2 heterocycles. The molecule has 6 rings (SSSR count). The van der Waals surface area contributed by atoms with Crippen molar-refractivity contribution in [2.45, 2.75) is 68.9 Å². The van der Waals surface area contributed by atoms with Crippen molar-refractivity contribution in [3.63, 3.8) is 0 Å². The van der Waals surface area contributed by atoms with Crippen LogP contribution in [-0.2, 0) is 51.2 Å². The van der Waals surface area contributed by atoms with Gasteiger partial charge in [0, 0.05) is 103 Å². The van der Waals surface area contributed by atoms with Crippen molar-refractivity contribution in [2.24, 2.45) is 5.73 Å². The summed E-state index contributed by atoms with van der Waals surface area (Å²) in [5, 5.41) is 78.8. The molecule has 0 spiro atoms. The van der Waals surface area contributed by atoms with E-state index >= 15 is 0 Å². The number of aromatic hydroxyl groups is 1. The highest BCUT2D eigenvalue weighted by Gasteiger charge is 2.36. The van der Waals surface area contributed by atoms with Gasteiger partial charge in [-0.15, -0.1) is 0 Å². The van der Waals surface area contributed by atoms with E-state index in [9.17, 15) is 68.7 Å². The van der Waals surface area contributed by atoms with Crippen LogP contribution in [0.15, 0.2) is 91.0 Å². The molecule has 1 unspecified atom stereocenters. The maximum absolute atomic E-state index is 14.7. The first-order chi connectivity index (χ1) is 41.6. The van der Waals surface area contributed by atoms with E-state index in [1.54, 1.807) is 39.0 Å². The number of β-amino-alcohol motifs (C(OH)–C–C–N with tert-alkyl or cyclic N) is 1. The van der Waals surface area contributed by atoms with E-state index in [4.69, 9.17) is 11.1 Å². The molecule has 2 fully saturated rings. The zero-order valence-corrected chi connectivity index (χ0v) is 48.6. The minimum atomic E-state index is -1.29. The van der Waals surface area contributed by atoms with Gasteiger partial charge < -0.3 is 73.4 Å². The summed E-state index contributed by atoms with van der Waals surface area (Å²) < 4.78 is 0. The number of hydrogen-bond donors (Lipinski definition) is 14. The molecular formula is C59H80N14O14. The van der Waals surface area contributed by atoms with E-state index < -0.39 is 90.3 Å². The summed E-state index contributed by atoms with van der Waals surface area (Å²) >= 11 is 0. The third kappa shape index (κ3) is 22.8. The predicted octanol–water partition coefficient (Wildman–Crippen LogP) is -1.58. The number of aliphatic hydroxyl groups is 1. The van der Waals surface area contributed by atoms with Crippen molar-refractivity contribution in [2.75, 3.05) is 111 Å². The van der Waals surface area contributed by atoms with Crippen molar-refractivity contribution in [1.29, 1.82) is 5.41 Å². The number of guanidine groups is 1. The van der Waals surface area contributed by atoms with Gasteiger partial charge in [0.15, 0.2) is 5.96 Å². The first-order valence-corrected chi connectivity index (χ1v) is 28.7. The van der Waals surface area contributed by atoms with Gasteiger partial charge in [-0.05, 0) is 84.0 Å². The summed E-state index contributed by atoms with van der Waals surface area (Å²) in [5.41, 5.74) is 7.44. The molecule has 0 radical (unpaired) electrons. The number of carboxylic acid groups (broad SMARTS) is 3. The van der Waals surface area contributed by atoms with Crippen LogP contribution in [0.4, 0.5) is 5.69 Å². The molecule has 0 bridgehead atoms. The Kier molecular flexibility index (Phi) is 26.0. The molecule has 0 aliphatic carbocycles. The topological polar surface area (TPSA) is 405 Å². The third-order valence-corrected chi connectivity index (χ3v) is 14.9. The van der Waals surface area contributed by atoms with Gasteiger partial charge in [-0.2, -0.15) is 0 Å². The Balaban J connectivity index is 1.15. The molecule has 2 aliphatic heterocycles. The Bertz CT molecular complexity index is 3000. The molecule has 0 saturated carbocycles. The van der Waals surface area contributed by atoms with Crippen molar-refractivity contribution in [3.05, 3.63) is 108 Å². The predicted molar refractivity (Wildman–Crippen MR) is 320 cm³/mol. The lowest BCUT2D eigenvalue weighted by Gasteiger charge is -2.33. The van der Waals surface area contributed by atoms with Gasteiger partial charge in [0.1, 0.15) is 36.1 Å². The average Bonchev–Trinajstić information content (AvgIpc) is 3.64. The Morgan fingerprint density at radius 3 is 1.74 bits per heavy atom. The lowest BCUT2D eigenvalue weighted by atomic mass is 10.00. The zero-order chi connectivity index (χ0) is 63.0. The van der Waals surface area contributed by atoms with Crippen molar-refractivity contribution in [3.8, 4) is 5.75 Å². The second-order valence-electron chi connectivity index (χ2n) is 21.6. The second-order valence-corrected chi connectivity index (χ2v) is 21.6. The fourth-order valence-electron chi connectivity index (χ4n) is 10.3. The lowest BCUT2D eigenvalue weighted by Crippen LogP contribution is -2.58. The molecular weight excluding hydrogens is 1130 g/mol. The number of likely N-dealkylation sites (N-methyl/N-ethyl adjacent to an activating group) is 1. The molecule has 28 heteroatoms. The van der Waals surface area contributed by atoms with E-state index in [0.29, 0.717) is 16.8 Å². The maximum Gasteiger partial charge on any atom is 0.317 e. The number of carbonyl (C=O) groups excluding carboxylic acids is 6. The summed E-state index contributed by atoms with van der Waals surface area (Å²) in [5.74, 6) is -7.66. The van der Waals surface area contributed by atoms with Crippen LogP contribution in [-0.4, -0.2) is 245 Å². The van der Waals surface area contributed by atoms with Gasteiger partial charge in [0.05, 0.1) is 26.2 Å². The second kappa shape index (κ2) is 33.7. The molecule has 0 aromatic heterocycles. The Morgan fingerprint density at radius 2 is 1.15 bits per heavy atom. The molecule has 4 aromatic carbocycles. The number of carbonyl (C=O) groups is 9. The monoisotopic (exact) mass is 1210 g/mol. The van der Waals surface area contributed by atoms with Crippen LogP contribution in [0.5, 0.6) is 5.75 Å². The van der Waals surface area contributed by atoms with E-state index in [1.165, 1.54) is 31.3 Å². The quantitative estimate of drug-likeness (QED) is 0.0172. The van der Waals surface area contributed by atoms with E-state index in [-0.39, 0.29) is 147 Å².